The van der Waals surface area contributed by atoms with Crippen molar-refractivity contribution in [1.29, 1.82) is 0 Å². The first-order chi connectivity index (χ1) is 11.1. The quantitative estimate of drug-likeness (QED) is 0.920. The average Bonchev–Trinajstić information content (AvgIpc) is 2.98. The maximum atomic E-state index is 11.9. The number of benzene rings is 2. The molecule has 23 heavy (non-hydrogen) atoms. The molecule has 0 bridgehead atoms. The summed E-state index contributed by atoms with van der Waals surface area (Å²) in [5.41, 5.74) is 2.88. The van der Waals surface area contributed by atoms with Gasteiger partial charge in [-0.2, -0.15) is 0 Å². The number of ether oxygens (including phenoxy) is 2. The number of carbonyl (C=O) groups is 1. The molecule has 0 aromatic heterocycles. The minimum Gasteiger partial charge on any atom is -0.497 e. The van der Waals surface area contributed by atoms with Crippen LogP contribution in [0.2, 0.25) is 0 Å². The zero-order valence-corrected chi connectivity index (χ0v) is 13.2. The van der Waals surface area contributed by atoms with Gasteiger partial charge in [-0.3, -0.25) is 9.69 Å². The number of carboxylic acids is 1. The number of rotatable bonds is 5. The van der Waals surface area contributed by atoms with E-state index in [0.717, 1.165) is 16.9 Å². The van der Waals surface area contributed by atoms with Crippen LogP contribution in [0.1, 0.15) is 22.7 Å². The van der Waals surface area contributed by atoms with Crippen molar-refractivity contribution in [2.24, 2.45) is 0 Å². The van der Waals surface area contributed by atoms with Crippen LogP contribution in [-0.4, -0.2) is 30.2 Å². The molecule has 3 rings (SSSR count). The van der Waals surface area contributed by atoms with Gasteiger partial charge in [0.15, 0.2) is 0 Å². The largest absolute Gasteiger partial charge is 0.497 e. The van der Waals surface area contributed by atoms with Crippen LogP contribution in [-0.2, 0) is 17.9 Å². The second-order valence-corrected chi connectivity index (χ2v) is 5.52. The topological polar surface area (TPSA) is 59.0 Å². The first-order valence-corrected chi connectivity index (χ1v) is 7.39. The predicted molar refractivity (Wildman–Crippen MR) is 85.6 cm³/mol. The monoisotopic (exact) mass is 313 g/mol. The molecule has 1 N–H and O–H groups in total. The summed E-state index contributed by atoms with van der Waals surface area (Å²) in [5.74, 6) is 0.591. The minimum atomic E-state index is -0.870. The third-order valence-electron chi connectivity index (χ3n) is 4.19. The average molecular weight is 313 g/mol. The summed E-state index contributed by atoms with van der Waals surface area (Å²) in [5, 5.41) is 9.74. The zero-order chi connectivity index (χ0) is 16.4. The molecule has 120 valence electrons. The lowest BCUT2D eigenvalue weighted by molar-refractivity contribution is -0.143. The van der Waals surface area contributed by atoms with Gasteiger partial charge in [-0.05, 0) is 29.3 Å². The second kappa shape index (κ2) is 6.30. The Labute approximate surface area is 135 Å². The van der Waals surface area contributed by atoms with E-state index < -0.39 is 12.0 Å². The van der Waals surface area contributed by atoms with Gasteiger partial charge in [-0.1, -0.05) is 24.3 Å². The molecule has 0 aliphatic carbocycles. The summed E-state index contributed by atoms with van der Waals surface area (Å²) >= 11 is 0. The molecule has 0 spiro atoms. The summed E-state index contributed by atoms with van der Waals surface area (Å²) in [6.45, 7) is 1.13. The fourth-order valence-corrected chi connectivity index (χ4v) is 3.11. The highest BCUT2D eigenvalue weighted by Gasteiger charge is 2.33. The van der Waals surface area contributed by atoms with E-state index in [1.54, 1.807) is 20.3 Å². The summed E-state index contributed by atoms with van der Waals surface area (Å²) in [6.07, 6.45) is 0. The highest BCUT2D eigenvalue weighted by atomic mass is 16.5. The van der Waals surface area contributed by atoms with Crippen molar-refractivity contribution in [3.05, 3.63) is 59.2 Å². The van der Waals surface area contributed by atoms with E-state index in [-0.39, 0.29) is 0 Å². The fourth-order valence-electron chi connectivity index (χ4n) is 3.11. The molecule has 1 atom stereocenters. The Balaban J connectivity index is 1.93. The van der Waals surface area contributed by atoms with Crippen molar-refractivity contribution >= 4 is 5.97 Å². The maximum absolute atomic E-state index is 11.9. The normalized spacial score (nSPS) is 15.0. The lowest BCUT2D eigenvalue weighted by Gasteiger charge is -2.24. The predicted octanol–water partition coefficient (Wildman–Crippen LogP) is 2.85. The number of nitrogens with zero attached hydrogens (tertiary/aromatic N) is 1. The van der Waals surface area contributed by atoms with Crippen LogP contribution in [0, 0.1) is 0 Å². The molecular formula is C18H19NO4. The minimum absolute atomic E-state index is 0.549. The molecule has 1 aliphatic rings. The van der Waals surface area contributed by atoms with Crippen molar-refractivity contribution in [1.82, 2.24) is 4.90 Å². The molecular weight excluding hydrogens is 294 g/mol. The van der Waals surface area contributed by atoms with E-state index in [2.05, 4.69) is 0 Å². The molecule has 0 amide bonds. The lowest BCUT2D eigenvalue weighted by Crippen LogP contribution is -2.30. The summed E-state index contributed by atoms with van der Waals surface area (Å²) in [7, 11) is 3.21. The summed E-state index contributed by atoms with van der Waals surface area (Å²) < 4.78 is 10.6. The van der Waals surface area contributed by atoms with Gasteiger partial charge in [0.2, 0.25) is 0 Å². The van der Waals surface area contributed by atoms with Gasteiger partial charge in [0.1, 0.15) is 17.5 Å². The van der Waals surface area contributed by atoms with E-state index in [0.29, 0.717) is 24.4 Å². The lowest BCUT2D eigenvalue weighted by atomic mass is 10.1. The third kappa shape index (κ3) is 2.87. The van der Waals surface area contributed by atoms with Gasteiger partial charge in [0.05, 0.1) is 14.2 Å². The van der Waals surface area contributed by atoms with Gasteiger partial charge in [-0.25, -0.2) is 0 Å². The molecule has 2 aromatic carbocycles. The highest BCUT2D eigenvalue weighted by Crippen LogP contribution is 2.36. The van der Waals surface area contributed by atoms with E-state index in [4.69, 9.17) is 9.47 Å². The standard InChI is InChI=1S/C18H19NO4/c1-22-14-7-3-5-12(9-14)17(18(20)21)19-10-13-6-4-8-16(23-2)15(13)11-19/h3-9,17H,10-11H2,1-2H3,(H,20,21). The van der Waals surface area contributed by atoms with E-state index >= 15 is 0 Å². The summed E-state index contributed by atoms with van der Waals surface area (Å²) in [4.78, 5) is 13.8. The zero-order valence-electron chi connectivity index (χ0n) is 13.2. The molecule has 0 saturated heterocycles. The molecule has 1 aliphatic heterocycles. The third-order valence-corrected chi connectivity index (χ3v) is 4.19. The van der Waals surface area contributed by atoms with E-state index in [1.807, 2.05) is 41.3 Å². The van der Waals surface area contributed by atoms with Crippen LogP contribution < -0.4 is 9.47 Å². The van der Waals surface area contributed by atoms with Crippen LogP contribution in [0.4, 0.5) is 0 Å². The molecule has 0 saturated carbocycles. The molecule has 1 heterocycles. The van der Waals surface area contributed by atoms with Crippen LogP contribution in [0.25, 0.3) is 0 Å². The SMILES string of the molecule is COc1cccc(C(C(=O)O)N2Cc3cccc(OC)c3C2)c1. The number of aliphatic carboxylic acids is 1. The fraction of sp³-hybridized carbons (Fsp3) is 0.278. The number of carboxylic acid groups (broad SMARTS) is 1. The second-order valence-electron chi connectivity index (χ2n) is 5.52. The van der Waals surface area contributed by atoms with Crippen LogP contribution >= 0.6 is 0 Å². The van der Waals surface area contributed by atoms with E-state index in [9.17, 15) is 9.90 Å². The molecule has 0 radical (unpaired) electrons. The highest BCUT2D eigenvalue weighted by molar-refractivity contribution is 5.76. The van der Waals surface area contributed by atoms with Crippen molar-refractivity contribution in [2.45, 2.75) is 19.1 Å². The van der Waals surface area contributed by atoms with Gasteiger partial charge in [0.25, 0.3) is 0 Å². The Bertz CT molecular complexity index is 729. The van der Waals surface area contributed by atoms with Crippen molar-refractivity contribution in [3.63, 3.8) is 0 Å². The molecule has 2 aromatic rings. The van der Waals surface area contributed by atoms with Gasteiger partial charge < -0.3 is 14.6 Å². The van der Waals surface area contributed by atoms with Crippen molar-refractivity contribution in [3.8, 4) is 11.5 Å². The Kier molecular flexibility index (Phi) is 4.21. The van der Waals surface area contributed by atoms with Gasteiger partial charge >= 0.3 is 5.97 Å². The van der Waals surface area contributed by atoms with E-state index in [1.165, 1.54) is 0 Å². The Morgan fingerprint density at radius 1 is 1.13 bits per heavy atom. The number of fused-ring (bicyclic) bond motifs is 1. The van der Waals surface area contributed by atoms with Crippen LogP contribution in [0.15, 0.2) is 42.5 Å². The number of hydrogen-bond acceptors (Lipinski definition) is 4. The molecule has 5 nitrogen and oxygen atoms in total. The van der Waals surface area contributed by atoms with Crippen molar-refractivity contribution < 1.29 is 19.4 Å². The Morgan fingerprint density at radius 2 is 1.91 bits per heavy atom. The smallest absolute Gasteiger partial charge is 0.325 e. The number of hydrogen-bond donors (Lipinski definition) is 1. The van der Waals surface area contributed by atoms with Gasteiger partial charge in [0, 0.05) is 18.7 Å². The maximum Gasteiger partial charge on any atom is 0.325 e. The molecule has 5 heteroatoms. The molecule has 0 fully saturated rings. The van der Waals surface area contributed by atoms with Crippen LogP contribution in [0.3, 0.4) is 0 Å². The Hall–Kier alpha value is -2.53. The summed E-state index contributed by atoms with van der Waals surface area (Å²) in [6, 6.07) is 12.4. The number of methoxy groups -OCH3 is 2. The molecule has 1 unspecified atom stereocenters. The first-order valence-electron chi connectivity index (χ1n) is 7.39. The van der Waals surface area contributed by atoms with Crippen molar-refractivity contribution in [2.75, 3.05) is 14.2 Å². The van der Waals surface area contributed by atoms with Crippen LogP contribution in [0.5, 0.6) is 11.5 Å². The first kappa shape index (κ1) is 15.4. The Morgan fingerprint density at radius 3 is 2.61 bits per heavy atom. The van der Waals surface area contributed by atoms with Gasteiger partial charge in [-0.15, -0.1) is 0 Å².